The molecular weight excluding hydrogens is 401 g/mol. The Morgan fingerprint density at radius 3 is 2.55 bits per heavy atom. The smallest absolute Gasteiger partial charge is 0.361 e. The zero-order chi connectivity index (χ0) is 22.0. The third-order valence-corrected chi connectivity index (χ3v) is 6.29. The van der Waals surface area contributed by atoms with E-state index in [9.17, 15) is 18.0 Å². The monoisotopic (exact) mass is 428 g/mol. The van der Waals surface area contributed by atoms with Gasteiger partial charge in [0.15, 0.2) is 0 Å². The molecule has 164 valence electrons. The minimum atomic E-state index is -4.42. The molecule has 1 aliphatic heterocycles. The molecule has 1 aromatic heterocycles. The van der Waals surface area contributed by atoms with Crippen LogP contribution in [0.3, 0.4) is 0 Å². The van der Waals surface area contributed by atoms with Crippen molar-refractivity contribution >= 4 is 16.8 Å². The summed E-state index contributed by atoms with van der Waals surface area (Å²) in [7, 11) is 0. The third-order valence-electron chi connectivity index (χ3n) is 6.29. The maximum absolute atomic E-state index is 13.4. The quantitative estimate of drug-likeness (QED) is 0.510. The maximum Gasteiger partial charge on any atom is 0.416 e. The topological polar surface area (TPSA) is 36.1 Å². The lowest BCUT2D eigenvalue weighted by molar-refractivity contribution is -0.137. The summed E-state index contributed by atoms with van der Waals surface area (Å²) < 4.78 is 40.2. The largest absolute Gasteiger partial charge is 0.416 e. The van der Waals surface area contributed by atoms with Crippen LogP contribution in [-0.4, -0.2) is 28.9 Å². The number of carbonyl (C=O) groups is 1. The van der Waals surface area contributed by atoms with Crippen LogP contribution in [0, 0.1) is 0 Å². The number of piperidine rings is 1. The van der Waals surface area contributed by atoms with E-state index >= 15 is 0 Å². The zero-order valence-electron chi connectivity index (χ0n) is 17.6. The number of H-pyrrole nitrogens is 1. The predicted octanol–water partition coefficient (Wildman–Crippen LogP) is 6.28. The molecule has 1 fully saturated rings. The van der Waals surface area contributed by atoms with Crippen molar-refractivity contribution in [1.82, 2.24) is 9.88 Å². The molecule has 1 atom stereocenters. The lowest BCUT2D eigenvalue weighted by Crippen LogP contribution is -2.36. The standard InChI is InChI=1S/C25H27F3N2O/c1-2-17-8-7-11-20-22(16-29-24(17)20)21(15-23(31)30-12-4-3-5-13-30)18-9-6-10-19(14-18)25(26,27)28/h6-11,14,16,21,29H,2-5,12-13,15H2,1H3/t21-/m1/s1. The zero-order valence-corrected chi connectivity index (χ0v) is 17.6. The Bertz CT molecular complexity index is 1060. The number of carbonyl (C=O) groups excluding carboxylic acids is 1. The molecule has 0 bridgehead atoms. The molecular formula is C25H27F3N2O. The Kier molecular flexibility index (Phi) is 6.08. The van der Waals surface area contributed by atoms with Gasteiger partial charge in [-0.2, -0.15) is 13.2 Å². The molecule has 1 aliphatic rings. The Morgan fingerprint density at radius 2 is 1.84 bits per heavy atom. The van der Waals surface area contributed by atoms with Crippen molar-refractivity contribution in [2.75, 3.05) is 13.1 Å². The SMILES string of the molecule is CCc1cccc2c([C@H](CC(=O)N3CCCCC3)c3cccc(C(F)(F)F)c3)c[nH]c12. The van der Waals surface area contributed by atoms with Crippen molar-refractivity contribution in [3.05, 3.63) is 70.9 Å². The fourth-order valence-corrected chi connectivity index (χ4v) is 4.61. The number of nitrogens with zero attached hydrogens (tertiary/aromatic N) is 1. The number of rotatable bonds is 5. The van der Waals surface area contributed by atoms with Crippen molar-refractivity contribution in [3.8, 4) is 0 Å². The highest BCUT2D eigenvalue weighted by atomic mass is 19.4. The summed E-state index contributed by atoms with van der Waals surface area (Å²) in [5, 5.41) is 0.966. The summed E-state index contributed by atoms with van der Waals surface area (Å²) >= 11 is 0. The van der Waals surface area contributed by atoms with Gasteiger partial charge in [0.05, 0.1) is 5.56 Å². The fourth-order valence-electron chi connectivity index (χ4n) is 4.61. The highest BCUT2D eigenvalue weighted by molar-refractivity contribution is 5.88. The highest BCUT2D eigenvalue weighted by Crippen LogP contribution is 2.38. The van der Waals surface area contributed by atoms with Crippen LogP contribution in [0.2, 0.25) is 0 Å². The number of alkyl halides is 3. The number of fused-ring (bicyclic) bond motifs is 1. The molecule has 0 aliphatic carbocycles. The minimum absolute atomic E-state index is 0.00288. The number of hydrogen-bond acceptors (Lipinski definition) is 1. The van der Waals surface area contributed by atoms with E-state index in [4.69, 9.17) is 0 Å². The Labute approximate surface area is 180 Å². The number of para-hydroxylation sites is 1. The lowest BCUT2D eigenvalue weighted by atomic mass is 9.86. The predicted molar refractivity (Wildman–Crippen MR) is 116 cm³/mol. The van der Waals surface area contributed by atoms with Crippen LogP contribution in [-0.2, 0) is 17.4 Å². The fraction of sp³-hybridized carbons (Fsp3) is 0.400. The van der Waals surface area contributed by atoms with Crippen molar-refractivity contribution in [2.45, 2.75) is 51.1 Å². The van der Waals surface area contributed by atoms with Gasteiger partial charge in [0.2, 0.25) is 5.91 Å². The summed E-state index contributed by atoms with van der Waals surface area (Å²) in [6, 6.07) is 11.4. The van der Waals surface area contributed by atoms with E-state index in [0.29, 0.717) is 5.56 Å². The van der Waals surface area contributed by atoms with Crippen molar-refractivity contribution in [1.29, 1.82) is 0 Å². The van der Waals surface area contributed by atoms with Gasteiger partial charge in [-0.3, -0.25) is 4.79 Å². The highest BCUT2D eigenvalue weighted by Gasteiger charge is 2.32. The van der Waals surface area contributed by atoms with Gasteiger partial charge < -0.3 is 9.88 Å². The second kappa shape index (κ2) is 8.77. The molecule has 1 amide bonds. The molecule has 1 N–H and O–H groups in total. The molecule has 0 radical (unpaired) electrons. The van der Waals surface area contributed by atoms with E-state index in [2.05, 4.69) is 11.9 Å². The van der Waals surface area contributed by atoms with Crippen LogP contribution in [0.5, 0.6) is 0 Å². The Hall–Kier alpha value is -2.76. The van der Waals surface area contributed by atoms with E-state index in [0.717, 1.165) is 66.9 Å². The van der Waals surface area contributed by atoms with Gasteiger partial charge in [0.25, 0.3) is 0 Å². The van der Waals surface area contributed by atoms with E-state index in [1.165, 1.54) is 12.1 Å². The molecule has 2 heterocycles. The number of likely N-dealkylation sites (tertiary alicyclic amines) is 1. The third kappa shape index (κ3) is 4.48. The van der Waals surface area contributed by atoms with Gasteiger partial charge in [-0.15, -0.1) is 0 Å². The van der Waals surface area contributed by atoms with Crippen molar-refractivity contribution in [3.63, 3.8) is 0 Å². The summed E-state index contributed by atoms with van der Waals surface area (Å²) in [4.78, 5) is 18.3. The molecule has 3 nitrogen and oxygen atoms in total. The summed E-state index contributed by atoms with van der Waals surface area (Å²) in [5.41, 5.74) is 2.84. The van der Waals surface area contributed by atoms with Crippen molar-refractivity contribution in [2.24, 2.45) is 0 Å². The van der Waals surface area contributed by atoms with Gasteiger partial charge in [-0.05, 0) is 48.4 Å². The van der Waals surface area contributed by atoms with Crippen LogP contribution in [0.25, 0.3) is 10.9 Å². The number of hydrogen-bond donors (Lipinski definition) is 1. The molecule has 31 heavy (non-hydrogen) atoms. The van der Waals surface area contributed by atoms with Gasteiger partial charge in [0.1, 0.15) is 0 Å². The van der Waals surface area contributed by atoms with Crippen LogP contribution < -0.4 is 0 Å². The number of halogens is 3. The van der Waals surface area contributed by atoms with Crippen LogP contribution in [0.4, 0.5) is 13.2 Å². The summed E-state index contributed by atoms with van der Waals surface area (Å²) in [6.45, 7) is 3.52. The van der Waals surface area contributed by atoms with E-state index in [-0.39, 0.29) is 12.3 Å². The van der Waals surface area contributed by atoms with Crippen LogP contribution >= 0.6 is 0 Å². The first-order chi connectivity index (χ1) is 14.9. The van der Waals surface area contributed by atoms with Gasteiger partial charge in [0, 0.05) is 42.5 Å². The molecule has 6 heteroatoms. The number of benzene rings is 2. The summed E-state index contributed by atoms with van der Waals surface area (Å²) in [5.74, 6) is -0.444. The molecule has 4 rings (SSSR count). The Morgan fingerprint density at radius 1 is 1.10 bits per heavy atom. The number of aromatic nitrogens is 1. The van der Waals surface area contributed by atoms with E-state index < -0.39 is 17.7 Å². The number of nitrogens with one attached hydrogen (secondary N) is 1. The first-order valence-electron chi connectivity index (χ1n) is 10.9. The second-order valence-electron chi connectivity index (χ2n) is 8.26. The van der Waals surface area contributed by atoms with Crippen molar-refractivity contribution < 1.29 is 18.0 Å². The second-order valence-corrected chi connectivity index (χ2v) is 8.26. The molecule has 2 aromatic carbocycles. The van der Waals surface area contributed by atoms with Gasteiger partial charge in [-0.1, -0.05) is 43.3 Å². The number of amides is 1. The lowest BCUT2D eigenvalue weighted by Gasteiger charge is -2.29. The van der Waals surface area contributed by atoms with Gasteiger partial charge >= 0.3 is 6.18 Å². The summed E-state index contributed by atoms with van der Waals surface area (Å²) in [6.07, 6.45) is 1.51. The minimum Gasteiger partial charge on any atom is -0.361 e. The first kappa shape index (κ1) is 21.5. The van der Waals surface area contributed by atoms with E-state index in [1.807, 2.05) is 29.3 Å². The molecule has 0 spiro atoms. The van der Waals surface area contributed by atoms with E-state index in [1.54, 1.807) is 6.07 Å². The Balaban J connectivity index is 1.77. The number of aromatic amines is 1. The molecule has 0 saturated carbocycles. The van der Waals surface area contributed by atoms with Crippen LogP contribution in [0.15, 0.2) is 48.7 Å². The molecule has 1 saturated heterocycles. The van der Waals surface area contributed by atoms with Gasteiger partial charge in [-0.25, -0.2) is 0 Å². The average Bonchev–Trinajstić information content (AvgIpc) is 3.21. The normalized spacial score (nSPS) is 15.9. The maximum atomic E-state index is 13.4. The first-order valence-corrected chi connectivity index (χ1v) is 10.9. The number of aryl methyl sites for hydroxylation is 1. The van der Waals surface area contributed by atoms with Crippen LogP contribution in [0.1, 0.15) is 60.8 Å². The average molecular weight is 428 g/mol. The molecule has 3 aromatic rings. The molecule has 0 unspecified atom stereocenters.